The van der Waals surface area contributed by atoms with Gasteiger partial charge in [0.05, 0.1) is 12.6 Å². The number of nitrogens with one attached hydrogen (secondary N) is 2. The summed E-state index contributed by atoms with van der Waals surface area (Å²) in [5.74, 6) is -3.27. The Bertz CT molecular complexity index is 877. The lowest BCUT2D eigenvalue weighted by molar-refractivity contribution is -0.150. The van der Waals surface area contributed by atoms with E-state index >= 15 is 0 Å². The van der Waals surface area contributed by atoms with Crippen LogP contribution in [0.2, 0.25) is 0 Å². The minimum atomic E-state index is -1.33. The number of nitrogens with zero attached hydrogens (tertiary/aromatic N) is 1. The maximum atomic E-state index is 13.0. The number of phenolic OH excluding ortho intramolecular Hbond substituents is 1. The van der Waals surface area contributed by atoms with Crippen molar-refractivity contribution in [3.05, 3.63) is 29.8 Å². The van der Waals surface area contributed by atoms with Crippen molar-refractivity contribution in [2.45, 2.75) is 63.7 Å². The van der Waals surface area contributed by atoms with Gasteiger partial charge in [0.15, 0.2) is 0 Å². The fourth-order valence-corrected chi connectivity index (χ4v) is 3.88. The first-order valence-corrected chi connectivity index (χ1v) is 11.4. The number of aliphatic hydroxyl groups is 1. The second-order valence-corrected chi connectivity index (χ2v) is 8.62. The summed E-state index contributed by atoms with van der Waals surface area (Å²) < 4.78 is 0. The fourth-order valence-electron chi connectivity index (χ4n) is 3.88. The van der Waals surface area contributed by atoms with Gasteiger partial charge in [-0.15, -0.1) is 0 Å². The zero-order valence-electron chi connectivity index (χ0n) is 19.4. The molecule has 0 spiro atoms. The maximum Gasteiger partial charge on any atom is 0.326 e. The molecule has 3 amide bonds. The molecule has 1 aromatic rings. The van der Waals surface area contributed by atoms with Gasteiger partial charge >= 0.3 is 5.97 Å². The first-order valence-electron chi connectivity index (χ1n) is 11.4. The van der Waals surface area contributed by atoms with Gasteiger partial charge in [-0.25, -0.2) is 4.79 Å². The van der Waals surface area contributed by atoms with Crippen molar-refractivity contribution in [1.29, 1.82) is 0 Å². The molecule has 1 heterocycles. The third kappa shape index (κ3) is 6.91. The van der Waals surface area contributed by atoms with Crippen molar-refractivity contribution in [2.24, 2.45) is 11.7 Å². The Kier molecular flexibility index (Phi) is 9.82. The molecule has 0 aromatic heterocycles. The molecule has 1 saturated heterocycles. The molecule has 0 bridgehead atoms. The van der Waals surface area contributed by atoms with E-state index in [-0.39, 0.29) is 24.6 Å². The zero-order chi connectivity index (χ0) is 25.4. The Labute approximate surface area is 198 Å². The molecule has 5 unspecified atom stereocenters. The van der Waals surface area contributed by atoms with Crippen molar-refractivity contribution in [1.82, 2.24) is 15.5 Å². The normalized spacial score (nSPS) is 19.1. The van der Waals surface area contributed by atoms with Crippen LogP contribution in [0.15, 0.2) is 24.3 Å². The molecule has 11 nitrogen and oxygen atoms in total. The third-order valence-electron chi connectivity index (χ3n) is 6.14. The number of likely N-dealkylation sites (tertiary alicyclic amines) is 1. The van der Waals surface area contributed by atoms with Gasteiger partial charge < -0.3 is 36.6 Å². The van der Waals surface area contributed by atoms with Crippen LogP contribution in [-0.2, 0) is 25.6 Å². The summed E-state index contributed by atoms with van der Waals surface area (Å²) in [7, 11) is 0. The van der Waals surface area contributed by atoms with E-state index in [0.717, 1.165) is 10.5 Å². The number of nitrogens with two attached hydrogens (primary N) is 1. The average molecular weight is 479 g/mol. The molecule has 1 aliphatic heterocycles. The van der Waals surface area contributed by atoms with Crippen LogP contribution in [0, 0.1) is 5.92 Å². The van der Waals surface area contributed by atoms with Crippen LogP contribution in [0.4, 0.5) is 0 Å². The molecule has 34 heavy (non-hydrogen) atoms. The van der Waals surface area contributed by atoms with Crippen LogP contribution in [0.5, 0.6) is 5.75 Å². The summed E-state index contributed by atoms with van der Waals surface area (Å²) in [6.45, 7) is 3.10. The highest BCUT2D eigenvalue weighted by Gasteiger charge is 2.38. The molecule has 0 aliphatic carbocycles. The first-order chi connectivity index (χ1) is 16.1. The smallest absolute Gasteiger partial charge is 0.326 e. The van der Waals surface area contributed by atoms with E-state index in [9.17, 15) is 34.5 Å². The number of carbonyl (C=O) groups is 4. The molecule has 5 atom stereocenters. The van der Waals surface area contributed by atoms with E-state index in [2.05, 4.69) is 10.6 Å². The van der Waals surface area contributed by atoms with Crippen molar-refractivity contribution in [3.63, 3.8) is 0 Å². The lowest BCUT2D eigenvalue weighted by atomic mass is 9.97. The Balaban J connectivity index is 2.06. The highest BCUT2D eigenvalue weighted by molar-refractivity contribution is 5.94. The van der Waals surface area contributed by atoms with E-state index in [0.29, 0.717) is 19.3 Å². The zero-order valence-corrected chi connectivity index (χ0v) is 19.4. The topological polar surface area (TPSA) is 182 Å². The van der Waals surface area contributed by atoms with Gasteiger partial charge in [-0.05, 0) is 42.9 Å². The second kappa shape index (κ2) is 12.3. The Morgan fingerprint density at radius 3 is 2.35 bits per heavy atom. The third-order valence-corrected chi connectivity index (χ3v) is 6.14. The van der Waals surface area contributed by atoms with Crippen molar-refractivity contribution >= 4 is 23.7 Å². The summed E-state index contributed by atoms with van der Waals surface area (Å²) in [5.41, 5.74) is 6.75. The number of aromatic hydroxyl groups is 1. The number of aliphatic hydroxyl groups excluding tert-OH is 1. The predicted molar refractivity (Wildman–Crippen MR) is 123 cm³/mol. The number of hydrogen-bond donors (Lipinski definition) is 6. The van der Waals surface area contributed by atoms with E-state index in [1.807, 2.05) is 6.92 Å². The molecule has 1 aromatic carbocycles. The van der Waals surface area contributed by atoms with Crippen LogP contribution in [0.1, 0.15) is 38.7 Å². The number of phenols is 1. The van der Waals surface area contributed by atoms with Crippen molar-refractivity contribution in [3.8, 4) is 5.75 Å². The molecular weight excluding hydrogens is 444 g/mol. The minimum absolute atomic E-state index is 0.0897. The van der Waals surface area contributed by atoms with Gasteiger partial charge in [0.1, 0.15) is 23.9 Å². The quantitative estimate of drug-likeness (QED) is 0.242. The Morgan fingerprint density at radius 1 is 1.15 bits per heavy atom. The maximum absolute atomic E-state index is 13.0. The van der Waals surface area contributed by atoms with Gasteiger partial charge in [0.2, 0.25) is 17.7 Å². The summed E-state index contributed by atoms with van der Waals surface area (Å²) in [4.78, 5) is 51.1. The van der Waals surface area contributed by atoms with Crippen LogP contribution >= 0.6 is 0 Å². The molecule has 1 aliphatic rings. The summed E-state index contributed by atoms with van der Waals surface area (Å²) in [6, 6.07) is 1.94. The van der Waals surface area contributed by atoms with Gasteiger partial charge in [-0.1, -0.05) is 32.4 Å². The van der Waals surface area contributed by atoms with Crippen LogP contribution < -0.4 is 16.4 Å². The van der Waals surface area contributed by atoms with Gasteiger partial charge in [0, 0.05) is 6.54 Å². The minimum Gasteiger partial charge on any atom is -0.508 e. The number of amides is 3. The fraction of sp³-hybridized carbons (Fsp3) is 0.565. The Morgan fingerprint density at radius 2 is 1.79 bits per heavy atom. The number of rotatable bonds is 11. The molecule has 7 N–H and O–H groups in total. The number of carboxylic acid groups (broad SMARTS) is 1. The van der Waals surface area contributed by atoms with Crippen LogP contribution in [0.3, 0.4) is 0 Å². The van der Waals surface area contributed by atoms with E-state index < -0.39 is 54.5 Å². The number of carbonyl (C=O) groups excluding carboxylic acids is 3. The van der Waals surface area contributed by atoms with E-state index in [1.165, 1.54) is 12.1 Å². The van der Waals surface area contributed by atoms with E-state index in [1.54, 1.807) is 19.1 Å². The molecule has 0 radical (unpaired) electrons. The summed E-state index contributed by atoms with van der Waals surface area (Å²) in [5, 5.41) is 33.5. The number of carboxylic acids is 1. The van der Waals surface area contributed by atoms with Crippen molar-refractivity contribution in [2.75, 3.05) is 13.2 Å². The summed E-state index contributed by atoms with van der Waals surface area (Å²) in [6.07, 6.45) is 1.54. The van der Waals surface area contributed by atoms with Crippen LogP contribution in [0.25, 0.3) is 0 Å². The SMILES string of the molecule is CCC(C)C(NC(=O)C(N)Cc1ccc(O)cc1)C(=O)NC(CO)C(=O)N1CCCC1C(=O)O. The van der Waals surface area contributed by atoms with E-state index in [4.69, 9.17) is 5.73 Å². The molecule has 2 rings (SSSR count). The monoisotopic (exact) mass is 478 g/mol. The number of aliphatic carboxylic acids is 1. The Hall–Kier alpha value is -3.18. The predicted octanol–water partition coefficient (Wildman–Crippen LogP) is -0.654. The van der Waals surface area contributed by atoms with Gasteiger partial charge in [-0.3, -0.25) is 14.4 Å². The van der Waals surface area contributed by atoms with Crippen LogP contribution in [-0.4, -0.2) is 81.2 Å². The molecule has 0 saturated carbocycles. The molecular formula is C23H34N4O7. The molecule has 188 valence electrons. The van der Waals surface area contributed by atoms with Gasteiger partial charge in [-0.2, -0.15) is 0 Å². The first kappa shape index (κ1) is 27.1. The van der Waals surface area contributed by atoms with Crippen molar-refractivity contribution < 1.29 is 34.5 Å². The average Bonchev–Trinajstić information content (AvgIpc) is 3.31. The lowest BCUT2D eigenvalue weighted by Gasteiger charge is -2.29. The summed E-state index contributed by atoms with van der Waals surface area (Å²) >= 11 is 0. The highest BCUT2D eigenvalue weighted by Crippen LogP contribution is 2.19. The highest BCUT2D eigenvalue weighted by atomic mass is 16.4. The second-order valence-electron chi connectivity index (χ2n) is 8.62. The molecule has 1 fully saturated rings. The molecule has 11 heteroatoms. The standard InChI is InChI=1S/C23H34N4O7/c1-3-13(2)19(26-20(30)16(24)11-14-6-8-15(29)9-7-14)21(31)25-17(12-28)22(32)27-10-4-5-18(27)23(33)34/h6-9,13,16-19,28-29H,3-5,10-12,24H2,1-2H3,(H,25,31)(H,26,30)(H,33,34). The van der Waals surface area contributed by atoms with Gasteiger partial charge in [0.25, 0.3) is 0 Å². The number of benzene rings is 1. The number of hydrogen-bond acceptors (Lipinski definition) is 7. The lowest BCUT2D eigenvalue weighted by Crippen LogP contribution is -2.59. The largest absolute Gasteiger partial charge is 0.508 e.